The predicted octanol–water partition coefficient (Wildman–Crippen LogP) is -0.496. The van der Waals surface area contributed by atoms with E-state index >= 15 is 0 Å². The van der Waals surface area contributed by atoms with Crippen molar-refractivity contribution in [1.29, 1.82) is 0 Å². The first-order chi connectivity index (χ1) is 9.04. The van der Waals surface area contributed by atoms with Crippen LogP contribution in [0.3, 0.4) is 0 Å². The zero-order valence-corrected chi connectivity index (χ0v) is 11.5. The molecule has 0 radical (unpaired) electrons. The van der Waals surface area contributed by atoms with Gasteiger partial charge in [-0.25, -0.2) is 0 Å². The van der Waals surface area contributed by atoms with E-state index in [-0.39, 0.29) is 11.9 Å². The molecule has 0 aromatic heterocycles. The minimum atomic E-state index is 0.130. The summed E-state index contributed by atoms with van der Waals surface area (Å²) in [7, 11) is 0. The smallest absolute Gasteiger partial charge is 0.219 e. The van der Waals surface area contributed by atoms with Gasteiger partial charge in [-0.3, -0.25) is 10.2 Å². The van der Waals surface area contributed by atoms with Crippen LogP contribution in [0.4, 0.5) is 11.4 Å². The molecule has 102 valence electrons. The fraction of sp³-hybridized carbons (Fsp3) is 0.429. The first-order valence-electron chi connectivity index (χ1n) is 6.50. The van der Waals surface area contributed by atoms with Crippen molar-refractivity contribution < 1.29 is 10.2 Å². The third kappa shape index (κ3) is 2.54. The molecule has 0 bridgehead atoms. The SMILES string of the molecule is CC(=O)N1CCN(c2cccc(N)c2C=[NH2+])CC1C. The Morgan fingerprint density at radius 3 is 2.79 bits per heavy atom. The van der Waals surface area contributed by atoms with Gasteiger partial charge in [0.05, 0.1) is 11.3 Å². The standard InChI is InChI=1S/C14H20N4O/c1-10-9-17(6-7-18(10)11(2)19)14-5-3-4-13(16)12(14)8-15/h3-5,8,10,15H,6-7,9,16H2,1-2H3/p+1. The van der Waals surface area contributed by atoms with E-state index in [2.05, 4.69) is 11.8 Å². The first kappa shape index (κ1) is 13.4. The molecule has 0 aliphatic carbocycles. The fourth-order valence-electron chi connectivity index (χ4n) is 2.67. The molecule has 1 aromatic carbocycles. The zero-order valence-electron chi connectivity index (χ0n) is 11.5. The summed E-state index contributed by atoms with van der Waals surface area (Å²) in [6, 6.07) is 5.99. The second-order valence-electron chi connectivity index (χ2n) is 4.95. The highest BCUT2D eigenvalue weighted by molar-refractivity contribution is 5.91. The number of anilines is 2. The topological polar surface area (TPSA) is 75.2 Å². The largest absolute Gasteiger partial charge is 0.398 e. The van der Waals surface area contributed by atoms with Gasteiger partial charge in [-0.1, -0.05) is 6.07 Å². The van der Waals surface area contributed by atoms with Crippen molar-refractivity contribution >= 4 is 23.5 Å². The van der Waals surface area contributed by atoms with Crippen LogP contribution in [0.15, 0.2) is 18.2 Å². The van der Waals surface area contributed by atoms with E-state index in [1.807, 2.05) is 23.1 Å². The number of nitrogen functional groups attached to an aromatic ring is 1. The average molecular weight is 261 g/mol. The summed E-state index contributed by atoms with van der Waals surface area (Å²) in [4.78, 5) is 15.6. The maximum absolute atomic E-state index is 11.5. The molecule has 4 N–H and O–H groups in total. The highest BCUT2D eigenvalue weighted by Crippen LogP contribution is 2.26. The number of piperazine rings is 1. The first-order valence-corrected chi connectivity index (χ1v) is 6.50. The van der Waals surface area contributed by atoms with Crippen LogP contribution in [0.2, 0.25) is 0 Å². The molecule has 1 amide bonds. The number of hydrogen-bond donors (Lipinski definition) is 2. The second kappa shape index (κ2) is 5.30. The molecule has 1 aliphatic rings. The van der Waals surface area contributed by atoms with Gasteiger partial charge in [-0.2, -0.15) is 0 Å². The molecule has 1 fully saturated rings. The number of rotatable bonds is 2. The Bertz CT molecular complexity index is 500. The maximum atomic E-state index is 11.5. The van der Waals surface area contributed by atoms with Crippen molar-refractivity contribution in [3.63, 3.8) is 0 Å². The number of carbonyl (C=O) groups is 1. The van der Waals surface area contributed by atoms with Crippen molar-refractivity contribution in [2.45, 2.75) is 19.9 Å². The molecule has 5 heteroatoms. The highest BCUT2D eigenvalue weighted by Gasteiger charge is 2.26. The van der Waals surface area contributed by atoms with Crippen LogP contribution in [-0.2, 0) is 4.79 Å². The molecule has 19 heavy (non-hydrogen) atoms. The number of nitrogens with zero attached hydrogens (tertiary/aromatic N) is 2. The van der Waals surface area contributed by atoms with Gasteiger partial charge in [0.15, 0.2) is 6.21 Å². The third-order valence-electron chi connectivity index (χ3n) is 3.66. The maximum Gasteiger partial charge on any atom is 0.219 e. The van der Waals surface area contributed by atoms with E-state index in [0.717, 1.165) is 30.9 Å². The summed E-state index contributed by atoms with van der Waals surface area (Å²) >= 11 is 0. The molecule has 0 saturated carbocycles. The van der Waals surface area contributed by atoms with E-state index in [0.29, 0.717) is 5.69 Å². The minimum absolute atomic E-state index is 0.130. The number of nitrogens with two attached hydrogens (primary N) is 2. The summed E-state index contributed by atoms with van der Waals surface area (Å²) in [5, 5.41) is 5.67. The van der Waals surface area contributed by atoms with Gasteiger partial charge in [-0.05, 0) is 19.1 Å². The Morgan fingerprint density at radius 1 is 1.47 bits per heavy atom. The average Bonchev–Trinajstić information content (AvgIpc) is 2.37. The molecular formula is C14H21N4O+. The van der Waals surface area contributed by atoms with Crippen LogP contribution in [0.1, 0.15) is 19.4 Å². The van der Waals surface area contributed by atoms with Gasteiger partial charge in [0.1, 0.15) is 0 Å². The molecule has 1 unspecified atom stereocenters. The number of carbonyl (C=O) groups excluding carboxylic acids is 1. The number of amides is 1. The van der Waals surface area contributed by atoms with Gasteiger partial charge >= 0.3 is 0 Å². The lowest BCUT2D eigenvalue weighted by Crippen LogP contribution is -2.53. The lowest BCUT2D eigenvalue weighted by molar-refractivity contribution is -0.131. The molecule has 0 spiro atoms. The quantitative estimate of drug-likeness (QED) is 0.557. The van der Waals surface area contributed by atoms with Crippen molar-refractivity contribution in [1.82, 2.24) is 4.90 Å². The molecule has 5 nitrogen and oxygen atoms in total. The highest BCUT2D eigenvalue weighted by atomic mass is 16.2. The van der Waals surface area contributed by atoms with Gasteiger partial charge in [0.2, 0.25) is 5.91 Å². The molecule has 1 heterocycles. The van der Waals surface area contributed by atoms with Gasteiger partial charge in [0.25, 0.3) is 0 Å². The van der Waals surface area contributed by atoms with Crippen molar-refractivity contribution in [2.75, 3.05) is 30.3 Å². The van der Waals surface area contributed by atoms with Gasteiger partial charge in [-0.15, -0.1) is 0 Å². The van der Waals surface area contributed by atoms with Crippen LogP contribution < -0.4 is 16.0 Å². The van der Waals surface area contributed by atoms with Crippen molar-refractivity contribution in [2.24, 2.45) is 0 Å². The zero-order chi connectivity index (χ0) is 14.0. The van der Waals surface area contributed by atoms with E-state index in [1.165, 1.54) is 0 Å². The van der Waals surface area contributed by atoms with Crippen LogP contribution in [0.5, 0.6) is 0 Å². The van der Waals surface area contributed by atoms with E-state index in [1.54, 1.807) is 13.1 Å². The molecule has 1 aliphatic heterocycles. The Hall–Kier alpha value is -2.04. The van der Waals surface area contributed by atoms with E-state index < -0.39 is 0 Å². The molecule has 1 atom stereocenters. The Morgan fingerprint density at radius 2 is 2.21 bits per heavy atom. The summed E-state index contributed by atoms with van der Waals surface area (Å²) in [6.07, 6.45) is 1.55. The molecule has 1 saturated heterocycles. The number of benzene rings is 1. The predicted molar refractivity (Wildman–Crippen MR) is 77.0 cm³/mol. The monoisotopic (exact) mass is 261 g/mol. The van der Waals surface area contributed by atoms with Crippen molar-refractivity contribution in [3.8, 4) is 0 Å². The number of hydrogen-bond acceptors (Lipinski definition) is 3. The van der Waals surface area contributed by atoms with Crippen LogP contribution >= 0.6 is 0 Å². The van der Waals surface area contributed by atoms with E-state index in [9.17, 15) is 4.79 Å². The minimum Gasteiger partial charge on any atom is -0.398 e. The van der Waals surface area contributed by atoms with Crippen LogP contribution in [0.25, 0.3) is 0 Å². The summed E-state index contributed by atoms with van der Waals surface area (Å²) in [6.45, 7) is 6.00. The van der Waals surface area contributed by atoms with Gasteiger partial charge in [0, 0.05) is 38.3 Å². The Balaban J connectivity index is 2.23. The molecule has 1 aromatic rings. The third-order valence-corrected chi connectivity index (χ3v) is 3.66. The summed E-state index contributed by atoms with van der Waals surface area (Å²) in [5.74, 6) is 0.130. The lowest BCUT2D eigenvalue weighted by atomic mass is 10.1. The van der Waals surface area contributed by atoms with E-state index in [4.69, 9.17) is 11.1 Å². The summed E-state index contributed by atoms with van der Waals surface area (Å²) < 4.78 is 0. The fourth-order valence-corrected chi connectivity index (χ4v) is 2.67. The molecular weight excluding hydrogens is 240 g/mol. The summed E-state index contributed by atoms with van der Waals surface area (Å²) in [5.41, 5.74) is 8.53. The normalized spacial score (nSPS) is 19.4. The van der Waals surface area contributed by atoms with Gasteiger partial charge < -0.3 is 15.5 Å². The Kier molecular flexibility index (Phi) is 3.74. The Labute approximate surface area is 113 Å². The lowest BCUT2D eigenvalue weighted by Gasteiger charge is -2.41. The van der Waals surface area contributed by atoms with Crippen molar-refractivity contribution in [3.05, 3.63) is 23.8 Å². The molecule has 2 rings (SSSR count). The van der Waals surface area contributed by atoms with Crippen LogP contribution in [0, 0.1) is 0 Å². The van der Waals surface area contributed by atoms with Crippen LogP contribution in [-0.4, -0.2) is 42.7 Å². The second-order valence-corrected chi connectivity index (χ2v) is 4.95.